The van der Waals surface area contributed by atoms with Gasteiger partial charge in [0.1, 0.15) is 0 Å². The van der Waals surface area contributed by atoms with Gasteiger partial charge in [0.15, 0.2) is 5.75 Å². The first kappa shape index (κ1) is 16.2. The van der Waals surface area contributed by atoms with Gasteiger partial charge < -0.3 is 20.1 Å². The van der Waals surface area contributed by atoms with Gasteiger partial charge in [-0.2, -0.15) is 0 Å². The van der Waals surface area contributed by atoms with Gasteiger partial charge in [0.2, 0.25) is 0 Å². The summed E-state index contributed by atoms with van der Waals surface area (Å²) in [6.45, 7) is 5.15. The molecule has 0 bridgehead atoms. The van der Waals surface area contributed by atoms with Gasteiger partial charge in [0, 0.05) is 44.6 Å². The van der Waals surface area contributed by atoms with Gasteiger partial charge in [0.05, 0.1) is 18.1 Å². The number of nitrogens with zero attached hydrogens (tertiary/aromatic N) is 1. The van der Waals surface area contributed by atoms with Crippen LogP contribution in [-0.4, -0.2) is 44.9 Å². The third-order valence-corrected chi connectivity index (χ3v) is 2.57. The first-order valence-electron chi connectivity index (χ1n) is 6.53. The van der Waals surface area contributed by atoms with Crippen molar-refractivity contribution in [1.82, 2.24) is 5.32 Å². The Morgan fingerprint density at radius 2 is 2.10 bits per heavy atom. The fourth-order valence-corrected chi connectivity index (χ4v) is 1.64. The molecule has 0 aliphatic heterocycles. The zero-order chi connectivity index (χ0) is 14.8. The second-order valence-electron chi connectivity index (χ2n) is 4.04. The average Bonchev–Trinajstić information content (AvgIpc) is 2.43. The number of nitrogens with one attached hydrogen (secondary N) is 2. The molecule has 0 aliphatic rings. The summed E-state index contributed by atoms with van der Waals surface area (Å²) in [5.41, 5.74) is 0.781. The molecule has 0 atom stereocenters. The minimum atomic E-state index is -0.443. The van der Waals surface area contributed by atoms with E-state index >= 15 is 0 Å². The standard InChI is InChI=1S/C13H21N3O4/c1-3-20-13-10-11(4-5-12(13)16(17)18)15-7-6-14-8-9-19-2/h4-5,10,14-15H,3,6-9H2,1-2H3. The van der Waals surface area contributed by atoms with Gasteiger partial charge in [0.25, 0.3) is 0 Å². The molecule has 0 amide bonds. The second-order valence-corrected chi connectivity index (χ2v) is 4.04. The molecule has 0 fully saturated rings. The number of nitro groups is 1. The molecule has 0 saturated heterocycles. The van der Waals surface area contributed by atoms with Crippen molar-refractivity contribution >= 4 is 11.4 Å². The van der Waals surface area contributed by atoms with Gasteiger partial charge in [-0.1, -0.05) is 0 Å². The Morgan fingerprint density at radius 1 is 1.30 bits per heavy atom. The van der Waals surface area contributed by atoms with Crippen LogP contribution in [0.1, 0.15) is 6.92 Å². The molecule has 0 aliphatic carbocycles. The number of hydrogen-bond acceptors (Lipinski definition) is 6. The highest BCUT2D eigenvalue weighted by Gasteiger charge is 2.14. The van der Waals surface area contributed by atoms with E-state index in [0.717, 1.165) is 18.8 Å². The van der Waals surface area contributed by atoms with E-state index < -0.39 is 4.92 Å². The summed E-state index contributed by atoms with van der Waals surface area (Å²) in [5, 5.41) is 17.2. The SMILES string of the molecule is CCOc1cc(NCCNCCOC)ccc1[N+](=O)[O-]. The molecular weight excluding hydrogens is 262 g/mol. The van der Waals surface area contributed by atoms with Crippen LogP contribution in [0.4, 0.5) is 11.4 Å². The van der Waals surface area contributed by atoms with Crippen molar-refractivity contribution in [2.75, 3.05) is 45.3 Å². The van der Waals surface area contributed by atoms with Gasteiger partial charge >= 0.3 is 5.69 Å². The summed E-state index contributed by atoms with van der Waals surface area (Å²) in [7, 11) is 1.66. The van der Waals surface area contributed by atoms with Gasteiger partial charge in [-0.3, -0.25) is 10.1 Å². The molecule has 7 nitrogen and oxygen atoms in total. The molecule has 1 aromatic rings. The maximum atomic E-state index is 10.9. The van der Waals surface area contributed by atoms with Crippen LogP contribution in [0.3, 0.4) is 0 Å². The second kappa shape index (κ2) is 9.11. The molecule has 0 aromatic heterocycles. The van der Waals surface area contributed by atoms with E-state index in [0.29, 0.717) is 19.8 Å². The lowest BCUT2D eigenvalue weighted by Crippen LogP contribution is -2.25. The average molecular weight is 283 g/mol. The molecular formula is C13H21N3O4. The van der Waals surface area contributed by atoms with E-state index in [1.807, 2.05) is 0 Å². The van der Waals surface area contributed by atoms with E-state index in [-0.39, 0.29) is 11.4 Å². The Kier molecular flexibility index (Phi) is 7.38. The van der Waals surface area contributed by atoms with Crippen molar-refractivity contribution in [3.63, 3.8) is 0 Å². The normalized spacial score (nSPS) is 10.3. The van der Waals surface area contributed by atoms with Crippen LogP contribution in [0, 0.1) is 10.1 Å². The van der Waals surface area contributed by atoms with E-state index in [9.17, 15) is 10.1 Å². The van der Waals surface area contributed by atoms with Crippen LogP contribution in [0.5, 0.6) is 5.75 Å². The van der Waals surface area contributed by atoms with E-state index in [1.54, 1.807) is 26.2 Å². The van der Waals surface area contributed by atoms with E-state index in [1.165, 1.54) is 6.07 Å². The predicted molar refractivity (Wildman–Crippen MR) is 77.5 cm³/mol. The van der Waals surface area contributed by atoms with E-state index in [4.69, 9.17) is 9.47 Å². The number of ether oxygens (including phenoxy) is 2. The summed E-state index contributed by atoms with van der Waals surface area (Å²) in [6, 6.07) is 4.78. The van der Waals surface area contributed by atoms with Crippen molar-refractivity contribution in [3.05, 3.63) is 28.3 Å². The highest BCUT2D eigenvalue weighted by atomic mass is 16.6. The molecule has 0 spiro atoms. The van der Waals surface area contributed by atoms with Crippen LogP contribution in [-0.2, 0) is 4.74 Å². The first-order chi connectivity index (χ1) is 9.69. The number of benzene rings is 1. The summed E-state index contributed by atoms with van der Waals surface area (Å²) in [4.78, 5) is 10.4. The molecule has 1 rings (SSSR count). The molecule has 2 N–H and O–H groups in total. The van der Waals surface area contributed by atoms with Crippen LogP contribution in [0.15, 0.2) is 18.2 Å². The fourth-order valence-electron chi connectivity index (χ4n) is 1.64. The highest BCUT2D eigenvalue weighted by Crippen LogP contribution is 2.29. The number of anilines is 1. The number of hydrogen-bond donors (Lipinski definition) is 2. The number of nitro benzene ring substituents is 1. The molecule has 0 saturated carbocycles. The van der Waals surface area contributed by atoms with Crippen LogP contribution in [0.2, 0.25) is 0 Å². The first-order valence-corrected chi connectivity index (χ1v) is 6.53. The Balaban J connectivity index is 2.50. The molecule has 0 radical (unpaired) electrons. The topological polar surface area (TPSA) is 85.7 Å². The lowest BCUT2D eigenvalue weighted by Gasteiger charge is -2.10. The quantitative estimate of drug-likeness (QED) is 0.386. The molecule has 7 heteroatoms. The largest absolute Gasteiger partial charge is 0.487 e. The molecule has 0 heterocycles. The summed E-state index contributed by atoms with van der Waals surface area (Å²) in [6.07, 6.45) is 0. The molecule has 20 heavy (non-hydrogen) atoms. The number of methoxy groups -OCH3 is 1. The summed E-state index contributed by atoms with van der Waals surface area (Å²) < 4.78 is 10.2. The van der Waals surface area contributed by atoms with Crippen LogP contribution < -0.4 is 15.4 Å². The highest BCUT2D eigenvalue weighted by molar-refractivity contribution is 5.58. The summed E-state index contributed by atoms with van der Waals surface area (Å²) in [5.74, 6) is 0.287. The monoisotopic (exact) mass is 283 g/mol. The van der Waals surface area contributed by atoms with E-state index in [2.05, 4.69) is 10.6 Å². The van der Waals surface area contributed by atoms with Crippen molar-refractivity contribution in [2.24, 2.45) is 0 Å². The Morgan fingerprint density at radius 3 is 2.75 bits per heavy atom. The minimum Gasteiger partial charge on any atom is -0.487 e. The fraction of sp³-hybridized carbons (Fsp3) is 0.538. The van der Waals surface area contributed by atoms with Crippen LogP contribution in [0.25, 0.3) is 0 Å². The molecule has 1 aromatic carbocycles. The maximum absolute atomic E-state index is 10.9. The summed E-state index contributed by atoms with van der Waals surface area (Å²) >= 11 is 0. The lowest BCUT2D eigenvalue weighted by molar-refractivity contribution is -0.385. The predicted octanol–water partition coefficient (Wildman–Crippen LogP) is 1.64. The van der Waals surface area contributed by atoms with Gasteiger partial charge in [-0.25, -0.2) is 0 Å². The lowest BCUT2D eigenvalue weighted by atomic mass is 10.2. The van der Waals surface area contributed by atoms with Crippen LogP contribution >= 0.6 is 0 Å². The Bertz CT molecular complexity index is 426. The van der Waals surface area contributed by atoms with Crippen molar-refractivity contribution in [2.45, 2.75) is 6.92 Å². The third kappa shape index (κ3) is 5.41. The third-order valence-electron chi connectivity index (χ3n) is 2.57. The Hall–Kier alpha value is -1.86. The zero-order valence-electron chi connectivity index (χ0n) is 11.8. The van der Waals surface area contributed by atoms with Gasteiger partial charge in [-0.15, -0.1) is 0 Å². The van der Waals surface area contributed by atoms with Crippen molar-refractivity contribution < 1.29 is 14.4 Å². The molecule has 112 valence electrons. The minimum absolute atomic E-state index is 0.0179. The maximum Gasteiger partial charge on any atom is 0.311 e. The van der Waals surface area contributed by atoms with Crippen molar-refractivity contribution in [1.29, 1.82) is 0 Å². The molecule has 0 unspecified atom stereocenters. The van der Waals surface area contributed by atoms with Gasteiger partial charge in [-0.05, 0) is 13.0 Å². The van der Waals surface area contributed by atoms with Crippen molar-refractivity contribution in [3.8, 4) is 5.75 Å². The Labute approximate surface area is 118 Å². The smallest absolute Gasteiger partial charge is 0.311 e. The number of rotatable bonds is 10. The zero-order valence-corrected chi connectivity index (χ0v) is 11.8.